The highest BCUT2D eigenvalue weighted by molar-refractivity contribution is 7.89. The van der Waals surface area contributed by atoms with Crippen LogP contribution in [0.2, 0.25) is 0 Å². The Kier molecular flexibility index (Phi) is 5.10. The summed E-state index contributed by atoms with van der Waals surface area (Å²) >= 11 is 0. The van der Waals surface area contributed by atoms with Crippen LogP contribution in [-0.4, -0.2) is 25.9 Å². The standard InChI is InChI=1S/C10H19N3O3S/c1-8-10(9(2)16-13-8)7-12-17(14,15)6-4-3-5-11/h12H,3-7,11H2,1-2H3. The molecule has 3 N–H and O–H groups in total. The van der Waals surface area contributed by atoms with Crippen molar-refractivity contribution in [2.24, 2.45) is 5.73 Å². The molecule has 0 aliphatic heterocycles. The van der Waals surface area contributed by atoms with Gasteiger partial charge in [-0.25, -0.2) is 13.1 Å². The van der Waals surface area contributed by atoms with Crippen LogP contribution in [0.1, 0.15) is 29.9 Å². The minimum absolute atomic E-state index is 0.105. The summed E-state index contributed by atoms with van der Waals surface area (Å²) in [4.78, 5) is 0. The maximum Gasteiger partial charge on any atom is 0.211 e. The van der Waals surface area contributed by atoms with Gasteiger partial charge in [-0.1, -0.05) is 5.16 Å². The first-order valence-electron chi connectivity index (χ1n) is 5.55. The summed E-state index contributed by atoms with van der Waals surface area (Å²) in [5, 5.41) is 3.77. The maximum absolute atomic E-state index is 11.6. The van der Waals surface area contributed by atoms with Crippen molar-refractivity contribution in [2.75, 3.05) is 12.3 Å². The lowest BCUT2D eigenvalue weighted by molar-refractivity contribution is 0.392. The highest BCUT2D eigenvalue weighted by atomic mass is 32.2. The molecule has 98 valence electrons. The molecule has 0 unspecified atom stereocenters. The lowest BCUT2D eigenvalue weighted by Gasteiger charge is -2.05. The molecule has 0 atom stereocenters. The lowest BCUT2D eigenvalue weighted by Crippen LogP contribution is -2.26. The first-order valence-corrected chi connectivity index (χ1v) is 7.20. The summed E-state index contributed by atoms with van der Waals surface area (Å²) in [5.41, 5.74) is 6.83. The van der Waals surface area contributed by atoms with Gasteiger partial charge in [0.05, 0.1) is 11.4 Å². The van der Waals surface area contributed by atoms with Crippen LogP contribution in [-0.2, 0) is 16.6 Å². The van der Waals surface area contributed by atoms with Gasteiger partial charge < -0.3 is 10.3 Å². The number of sulfonamides is 1. The van der Waals surface area contributed by atoms with Crippen LogP contribution in [0.15, 0.2) is 4.52 Å². The zero-order valence-electron chi connectivity index (χ0n) is 10.2. The molecule has 0 saturated carbocycles. The van der Waals surface area contributed by atoms with Gasteiger partial charge in [-0.2, -0.15) is 0 Å². The predicted octanol–water partition coefficient (Wildman–Crippen LogP) is 0.450. The Hall–Kier alpha value is -0.920. The molecule has 0 saturated heterocycles. The molecule has 17 heavy (non-hydrogen) atoms. The Labute approximate surface area is 102 Å². The molecule has 1 aromatic rings. The second-order valence-corrected chi connectivity index (χ2v) is 5.86. The van der Waals surface area contributed by atoms with Crippen molar-refractivity contribution in [1.82, 2.24) is 9.88 Å². The van der Waals surface area contributed by atoms with Gasteiger partial charge in [0.2, 0.25) is 10.0 Å². The van der Waals surface area contributed by atoms with E-state index in [1.807, 2.05) is 0 Å². The van der Waals surface area contributed by atoms with E-state index in [2.05, 4.69) is 9.88 Å². The first-order chi connectivity index (χ1) is 7.96. The zero-order valence-corrected chi connectivity index (χ0v) is 11.0. The third kappa shape index (κ3) is 4.45. The second-order valence-electron chi connectivity index (χ2n) is 3.94. The Bertz CT molecular complexity index is 434. The summed E-state index contributed by atoms with van der Waals surface area (Å²) < 4.78 is 30.7. The molecule has 0 fully saturated rings. The summed E-state index contributed by atoms with van der Waals surface area (Å²) in [6, 6.07) is 0. The van der Waals surface area contributed by atoms with Gasteiger partial charge in [0.25, 0.3) is 0 Å². The maximum atomic E-state index is 11.6. The predicted molar refractivity (Wildman–Crippen MR) is 64.9 cm³/mol. The molecule has 0 bridgehead atoms. The number of hydrogen-bond donors (Lipinski definition) is 2. The minimum Gasteiger partial charge on any atom is -0.361 e. The van der Waals surface area contributed by atoms with E-state index in [1.165, 1.54) is 0 Å². The van der Waals surface area contributed by atoms with Gasteiger partial charge >= 0.3 is 0 Å². The van der Waals surface area contributed by atoms with Crippen LogP contribution in [0.25, 0.3) is 0 Å². The van der Waals surface area contributed by atoms with E-state index in [1.54, 1.807) is 13.8 Å². The van der Waals surface area contributed by atoms with Crippen LogP contribution in [0.4, 0.5) is 0 Å². The summed E-state index contributed by atoms with van der Waals surface area (Å²) in [6.45, 7) is 4.29. The van der Waals surface area contributed by atoms with Crippen molar-refractivity contribution < 1.29 is 12.9 Å². The molecule has 0 spiro atoms. The van der Waals surface area contributed by atoms with Crippen molar-refractivity contribution in [3.63, 3.8) is 0 Å². The molecule has 6 nitrogen and oxygen atoms in total. The van der Waals surface area contributed by atoms with Crippen LogP contribution < -0.4 is 10.5 Å². The van der Waals surface area contributed by atoms with Gasteiger partial charge in [0.1, 0.15) is 5.76 Å². The Morgan fingerprint density at radius 3 is 2.59 bits per heavy atom. The van der Waals surface area contributed by atoms with Crippen LogP contribution in [0.5, 0.6) is 0 Å². The summed E-state index contributed by atoms with van der Waals surface area (Å²) in [6.07, 6.45) is 1.29. The minimum atomic E-state index is -3.24. The van der Waals surface area contributed by atoms with Crippen molar-refractivity contribution in [1.29, 1.82) is 0 Å². The number of nitrogens with zero attached hydrogens (tertiary/aromatic N) is 1. The molecule has 1 heterocycles. The number of rotatable bonds is 7. The Balaban J connectivity index is 2.50. The normalized spacial score (nSPS) is 11.9. The highest BCUT2D eigenvalue weighted by Crippen LogP contribution is 2.11. The van der Waals surface area contributed by atoms with Gasteiger partial charge in [-0.3, -0.25) is 0 Å². The number of nitrogens with two attached hydrogens (primary N) is 1. The third-order valence-electron chi connectivity index (χ3n) is 2.52. The van der Waals surface area contributed by atoms with E-state index in [-0.39, 0.29) is 12.3 Å². The number of nitrogens with one attached hydrogen (secondary N) is 1. The molecular weight excluding hydrogens is 242 g/mol. The van der Waals surface area contributed by atoms with Crippen molar-refractivity contribution in [2.45, 2.75) is 33.2 Å². The number of aryl methyl sites for hydroxylation is 2. The SMILES string of the molecule is Cc1noc(C)c1CNS(=O)(=O)CCCCN. The average molecular weight is 261 g/mol. The number of unbranched alkanes of at least 4 members (excludes halogenated alkanes) is 1. The van der Waals surface area contributed by atoms with E-state index >= 15 is 0 Å². The lowest BCUT2D eigenvalue weighted by atomic mass is 10.2. The third-order valence-corrected chi connectivity index (χ3v) is 3.93. The molecule has 7 heteroatoms. The molecule has 0 amide bonds. The highest BCUT2D eigenvalue weighted by Gasteiger charge is 2.13. The van der Waals surface area contributed by atoms with Crippen molar-refractivity contribution in [3.05, 3.63) is 17.0 Å². The fourth-order valence-corrected chi connectivity index (χ4v) is 2.54. The average Bonchev–Trinajstić information content (AvgIpc) is 2.56. The van der Waals surface area contributed by atoms with E-state index in [9.17, 15) is 8.42 Å². The van der Waals surface area contributed by atoms with Gasteiger partial charge in [-0.05, 0) is 33.2 Å². The first kappa shape index (κ1) is 14.1. The Morgan fingerprint density at radius 1 is 1.35 bits per heavy atom. The molecule has 0 aliphatic rings. The van der Waals surface area contributed by atoms with Gasteiger partial charge in [-0.15, -0.1) is 0 Å². The van der Waals surface area contributed by atoms with Crippen LogP contribution in [0, 0.1) is 13.8 Å². The topological polar surface area (TPSA) is 98.2 Å². The fraction of sp³-hybridized carbons (Fsp3) is 0.700. The quantitative estimate of drug-likeness (QED) is 0.694. The van der Waals surface area contributed by atoms with Crippen LogP contribution >= 0.6 is 0 Å². The van der Waals surface area contributed by atoms with Gasteiger partial charge in [0.15, 0.2) is 0 Å². The molecule has 0 aliphatic carbocycles. The largest absolute Gasteiger partial charge is 0.361 e. The molecule has 0 aromatic carbocycles. The molecule has 1 rings (SSSR count). The smallest absolute Gasteiger partial charge is 0.211 e. The van der Waals surface area contributed by atoms with E-state index in [4.69, 9.17) is 10.3 Å². The van der Waals surface area contributed by atoms with Crippen LogP contribution in [0.3, 0.4) is 0 Å². The number of aromatic nitrogens is 1. The van der Waals surface area contributed by atoms with E-state index < -0.39 is 10.0 Å². The van der Waals surface area contributed by atoms with E-state index in [0.29, 0.717) is 30.8 Å². The second kappa shape index (κ2) is 6.13. The summed E-state index contributed by atoms with van der Waals surface area (Å²) in [5.74, 6) is 0.750. The number of hydrogen-bond acceptors (Lipinski definition) is 5. The molecule has 0 radical (unpaired) electrons. The van der Waals surface area contributed by atoms with Gasteiger partial charge in [0, 0.05) is 12.1 Å². The van der Waals surface area contributed by atoms with Crippen molar-refractivity contribution in [3.8, 4) is 0 Å². The fourth-order valence-electron chi connectivity index (χ4n) is 1.44. The van der Waals surface area contributed by atoms with Crippen molar-refractivity contribution >= 4 is 10.0 Å². The van der Waals surface area contributed by atoms with E-state index in [0.717, 1.165) is 5.56 Å². The monoisotopic (exact) mass is 261 g/mol. The zero-order chi connectivity index (χ0) is 12.9. The molecular formula is C10H19N3O3S. The molecule has 1 aromatic heterocycles. The Morgan fingerprint density at radius 2 is 2.06 bits per heavy atom. The summed E-state index contributed by atoms with van der Waals surface area (Å²) in [7, 11) is -3.24.